The summed E-state index contributed by atoms with van der Waals surface area (Å²) in [7, 11) is 0. The molecule has 120 valence electrons. The molecule has 1 aliphatic rings. The zero-order valence-corrected chi connectivity index (χ0v) is 14.3. The van der Waals surface area contributed by atoms with E-state index in [0.717, 1.165) is 24.2 Å². The number of rotatable bonds is 6. The summed E-state index contributed by atoms with van der Waals surface area (Å²) in [5.41, 5.74) is 3.37. The van der Waals surface area contributed by atoms with Crippen molar-refractivity contribution >= 4 is 23.2 Å². The van der Waals surface area contributed by atoms with Crippen molar-refractivity contribution in [2.75, 3.05) is 0 Å². The van der Waals surface area contributed by atoms with Crippen molar-refractivity contribution in [1.82, 2.24) is 9.97 Å². The van der Waals surface area contributed by atoms with Gasteiger partial charge in [-0.3, -0.25) is 9.97 Å². The third-order valence-corrected chi connectivity index (χ3v) is 4.38. The van der Waals surface area contributed by atoms with E-state index in [9.17, 15) is 0 Å². The fourth-order valence-electron chi connectivity index (χ4n) is 2.36. The predicted molar refractivity (Wildman–Crippen MR) is 93.1 cm³/mol. The number of aromatic nitrogens is 2. The lowest BCUT2D eigenvalue weighted by Crippen LogP contribution is -2.00. The predicted octanol–water partition coefficient (Wildman–Crippen LogP) is 5.41. The minimum absolute atomic E-state index is 0.352. The number of pyridine rings is 2. The van der Waals surface area contributed by atoms with Crippen LogP contribution in [0.1, 0.15) is 37.1 Å². The van der Waals surface area contributed by atoms with Crippen LogP contribution in [-0.2, 0) is 13.0 Å². The van der Waals surface area contributed by atoms with Crippen LogP contribution in [-0.4, -0.2) is 9.97 Å². The summed E-state index contributed by atoms with van der Waals surface area (Å²) in [5, 5.41) is 1.12. The molecule has 2 heterocycles. The van der Waals surface area contributed by atoms with E-state index < -0.39 is 0 Å². The summed E-state index contributed by atoms with van der Waals surface area (Å²) in [5.74, 6) is 0.643. The largest absolute Gasteiger partial charge is 0.486 e. The van der Waals surface area contributed by atoms with Crippen LogP contribution in [0.2, 0.25) is 10.0 Å². The van der Waals surface area contributed by atoms with Crippen molar-refractivity contribution in [2.24, 2.45) is 0 Å². The van der Waals surface area contributed by atoms with Gasteiger partial charge in [0.1, 0.15) is 17.4 Å². The van der Waals surface area contributed by atoms with Gasteiger partial charge in [0.2, 0.25) is 0 Å². The van der Waals surface area contributed by atoms with Crippen LogP contribution in [0.15, 0.2) is 42.2 Å². The van der Waals surface area contributed by atoms with Crippen molar-refractivity contribution in [2.45, 2.75) is 38.7 Å². The summed E-state index contributed by atoms with van der Waals surface area (Å²) in [6.07, 6.45) is 11.4. The van der Waals surface area contributed by atoms with E-state index in [-0.39, 0.29) is 0 Å². The van der Waals surface area contributed by atoms with E-state index in [4.69, 9.17) is 27.9 Å². The number of ether oxygens (including phenoxy) is 1. The normalized spacial score (nSPS) is 13.6. The van der Waals surface area contributed by atoms with Gasteiger partial charge in [-0.15, -0.1) is 0 Å². The maximum absolute atomic E-state index is 6.16. The van der Waals surface area contributed by atoms with Crippen LogP contribution >= 0.6 is 23.2 Å². The van der Waals surface area contributed by atoms with E-state index >= 15 is 0 Å². The molecule has 0 bridgehead atoms. The molecule has 0 saturated heterocycles. The van der Waals surface area contributed by atoms with Gasteiger partial charge in [-0.25, -0.2) is 0 Å². The number of allylic oxidation sites excluding steroid dienone is 2. The van der Waals surface area contributed by atoms with E-state index in [1.54, 1.807) is 24.0 Å². The molecule has 1 saturated carbocycles. The lowest BCUT2D eigenvalue weighted by Gasteiger charge is -2.15. The average molecular weight is 349 g/mol. The molecule has 1 fully saturated rings. The van der Waals surface area contributed by atoms with E-state index in [2.05, 4.69) is 16.0 Å². The molecular formula is C18H18Cl2N2O. The Bertz CT molecular complexity index is 693. The third kappa shape index (κ3) is 4.69. The SMILES string of the molecule is Clc1ccc(COc2cc(CCC=C3CCC3)ncc2Cl)nc1. The summed E-state index contributed by atoms with van der Waals surface area (Å²) in [6.45, 7) is 0.352. The van der Waals surface area contributed by atoms with E-state index in [0.29, 0.717) is 22.4 Å². The highest BCUT2D eigenvalue weighted by molar-refractivity contribution is 6.31. The second-order valence-corrected chi connectivity index (χ2v) is 6.46. The molecule has 0 amide bonds. The van der Waals surface area contributed by atoms with Gasteiger partial charge in [-0.05, 0) is 44.2 Å². The maximum Gasteiger partial charge on any atom is 0.141 e. The standard InChI is InChI=1S/C18H18Cl2N2O/c19-14-7-8-16(21-10-14)12-23-18-9-15(22-11-17(18)20)6-2-5-13-3-1-4-13/h5,7-11H,1-4,6,12H2. The quantitative estimate of drug-likeness (QED) is 0.655. The Morgan fingerprint density at radius 2 is 1.91 bits per heavy atom. The minimum Gasteiger partial charge on any atom is -0.486 e. The van der Waals surface area contributed by atoms with Crippen molar-refractivity contribution in [3.05, 3.63) is 63.7 Å². The van der Waals surface area contributed by atoms with Gasteiger partial charge in [-0.1, -0.05) is 34.9 Å². The Balaban J connectivity index is 1.59. The Hall–Kier alpha value is -1.58. The Kier molecular flexibility index (Phi) is 5.52. The number of hydrogen-bond donors (Lipinski definition) is 0. The van der Waals surface area contributed by atoms with Gasteiger partial charge >= 0.3 is 0 Å². The molecule has 0 spiro atoms. The highest BCUT2D eigenvalue weighted by Gasteiger charge is 2.08. The summed E-state index contributed by atoms with van der Waals surface area (Å²) in [6, 6.07) is 5.54. The molecule has 0 atom stereocenters. The summed E-state index contributed by atoms with van der Waals surface area (Å²) in [4.78, 5) is 8.58. The highest BCUT2D eigenvalue weighted by atomic mass is 35.5. The molecule has 0 aromatic carbocycles. The summed E-state index contributed by atoms with van der Waals surface area (Å²) >= 11 is 12.0. The molecule has 0 radical (unpaired) electrons. The molecule has 2 aromatic heterocycles. The molecule has 23 heavy (non-hydrogen) atoms. The first-order chi connectivity index (χ1) is 11.2. The van der Waals surface area contributed by atoms with Gasteiger partial charge in [-0.2, -0.15) is 0 Å². The van der Waals surface area contributed by atoms with Crippen LogP contribution in [0, 0.1) is 0 Å². The second kappa shape index (κ2) is 7.80. The minimum atomic E-state index is 0.352. The molecule has 0 unspecified atom stereocenters. The van der Waals surface area contributed by atoms with Crippen molar-refractivity contribution < 1.29 is 4.74 Å². The van der Waals surface area contributed by atoms with Gasteiger partial charge in [0.25, 0.3) is 0 Å². The first kappa shape index (κ1) is 16.3. The monoisotopic (exact) mass is 348 g/mol. The topological polar surface area (TPSA) is 35.0 Å². The van der Waals surface area contributed by atoms with E-state index in [1.165, 1.54) is 19.3 Å². The Labute approximate surface area is 146 Å². The van der Waals surface area contributed by atoms with Crippen LogP contribution < -0.4 is 4.74 Å². The first-order valence-corrected chi connectivity index (χ1v) is 8.52. The third-order valence-electron chi connectivity index (χ3n) is 3.87. The zero-order valence-electron chi connectivity index (χ0n) is 12.8. The van der Waals surface area contributed by atoms with Crippen LogP contribution in [0.25, 0.3) is 0 Å². The Morgan fingerprint density at radius 3 is 2.61 bits per heavy atom. The van der Waals surface area contributed by atoms with Crippen molar-refractivity contribution in [1.29, 1.82) is 0 Å². The number of halogens is 2. The van der Waals surface area contributed by atoms with Gasteiger partial charge in [0.15, 0.2) is 0 Å². The molecule has 3 rings (SSSR count). The van der Waals surface area contributed by atoms with Gasteiger partial charge in [0, 0.05) is 24.2 Å². The average Bonchev–Trinajstić information content (AvgIpc) is 2.51. The maximum atomic E-state index is 6.16. The van der Waals surface area contributed by atoms with Crippen LogP contribution in [0.3, 0.4) is 0 Å². The summed E-state index contributed by atoms with van der Waals surface area (Å²) < 4.78 is 5.77. The lowest BCUT2D eigenvalue weighted by molar-refractivity contribution is 0.301. The van der Waals surface area contributed by atoms with Crippen molar-refractivity contribution in [3.8, 4) is 5.75 Å². The van der Waals surface area contributed by atoms with E-state index in [1.807, 2.05) is 12.1 Å². The first-order valence-electron chi connectivity index (χ1n) is 7.76. The molecule has 2 aromatic rings. The highest BCUT2D eigenvalue weighted by Crippen LogP contribution is 2.27. The fraction of sp³-hybridized carbons (Fsp3) is 0.333. The number of nitrogens with zero attached hydrogens (tertiary/aromatic N) is 2. The lowest BCUT2D eigenvalue weighted by atomic mass is 9.91. The Morgan fingerprint density at radius 1 is 1.09 bits per heavy atom. The molecule has 0 aliphatic heterocycles. The van der Waals surface area contributed by atoms with Gasteiger partial charge in [0.05, 0.1) is 10.7 Å². The number of aryl methyl sites for hydroxylation is 1. The van der Waals surface area contributed by atoms with Gasteiger partial charge < -0.3 is 4.74 Å². The van der Waals surface area contributed by atoms with Crippen LogP contribution in [0.5, 0.6) is 5.75 Å². The second-order valence-electron chi connectivity index (χ2n) is 5.62. The molecule has 1 aliphatic carbocycles. The molecule has 5 heteroatoms. The smallest absolute Gasteiger partial charge is 0.141 e. The number of hydrogen-bond acceptors (Lipinski definition) is 3. The molecular weight excluding hydrogens is 331 g/mol. The molecule has 3 nitrogen and oxygen atoms in total. The van der Waals surface area contributed by atoms with Crippen LogP contribution in [0.4, 0.5) is 0 Å². The van der Waals surface area contributed by atoms with Crippen molar-refractivity contribution in [3.63, 3.8) is 0 Å². The zero-order chi connectivity index (χ0) is 16.1. The fourth-order valence-corrected chi connectivity index (χ4v) is 2.63. The molecule has 0 N–H and O–H groups in total.